The van der Waals surface area contributed by atoms with Gasteiger partial charge < -0.3 is 48.0 Å². The van der Waals surface area contributed by atoms with Crippen LogP contribution in [-0.4, -0.2) is 26.7 Å². The number of hydrogen-bond donors (Lipinski definition) is 1. The number of pyridine rings is 2. The molecular formula is C22H27I2N5O2. The van der Waals surface area contributed by atoms with Gasteiger partial charge in [0.2, 0.25) is 17.4 Å². The van der Waals surface area contributed by atoms with Crippen LogP contribution in [-0.2, 0) is 13.1 Å². The maximum Gasteiger partial charge on any atom is 0.232 e. The highest BCUT2D eigenvalue weighted by molar-refractivity contribution is 6.09. The number of rotatable bonds is 10. The van der Waals surface area contributed by atoms with Gasteiger partial charge in [-0.1, -0.05) is 26.7 Å². The fourth-order valence-electron chi connectivity index (χ4n) is 2.93. The first kappa shape index (κ1) is 27.3. The van der Waals surface area contributed by atoms with Crippen LogP contribution in [0, 0.1) is 0 Å². The van der Waals surface area contributed by atoms with Crippen LogP contribution in [0.1, 0.15) is 71.9 Å². The van der Waals surface area contributed by atoms with Gasteiger partial charge in [0.25, 0.3) is 0 Å². The Kier molecular flexibility index (Phi) is 12.0. The molecule has 3 aromatic heterocycles. The van der Waals surface area contributed by atoms with Gasteiger partial charge in [0.15, 0.2) is 30.6 Å². The Bertz CT molecular complexity index is 894. The second-order valence-corrected chi connectivity index (χ2v) is 7.02. The number of nitrogens with zero attached hydrogens (tertiary/aromatic N) is 4. The average molecular weight is 647 g/mol. The fraction of sp³-hybridized carbons (Fsp3) is 0.364. The summed E-state index contributed by atoms with van der Waals surface area (Å²) in [5, 5.41) is 6.55. The smallest absolute Gasteiger partial charge is 0.232 e. The van der Waals surface area contributed by atoms with Crippen LogP contribution >= 0.6 is 0 Å². The van der Waals surface area contributed by atoms with Crippen molar-refractivity contribution in [2.24, 2.45) is 0 Å². The normalized spacial score (nSPS) is 10.1. The number of halogens is 2. The van der Waals surface area contributed by atoms with Gasteiger partial charge in [-0.2, -0.15) is 0 Å². The van der Waals surface area contributed by atoms with E-state index in [2.05, 4.69) is 29.0 Å². The Morgan fingerprint density at radius 3 is 1.71 bits per heavy atom. The second kappa shape index (κ2) is 13.6. The predicted octanol–water partition coefficient (Wildman–Crippen LogP) is -3.55. The summed E-state index contributed by atoms with van der Waals surface area (Å²) in [7, 11) is 0. The summed E-state index contributed by atoms with van der Waals surface area (Å²) in [5.74, 6) is -0.541. The maximum atomic E-state index is 12.6. The van der Waals surface area contributed by atoms with Gasteiger partial charge >= 0.3 is 0 Å². The molecule has 0 amide bonds. The van der Waals surface area contributed by atoms with E-state index in [-0.39, 0.29) is 71.2 Å². The van der Waals surface area contributed by atoms with Crippen molar-refractivity contribution in [3.63, 3.8) is 0 Å². The van der Waals surface area contributed by atoms with Crippen LogP contribution in [0.2, 0.25) is 0 Å². The standard InChI is InChI=1S/C22H26N5O2.2HI/c1-3-5-11-26-13-7-17(8-14-26)19(28)21-23-22(25-24-21)20(29)18-9-15-27(16-10-18)12-6-4-2;;/h7-10,13-16H,3-6,11-12H2,1-2H3;2*1H/q+1;;/p-1. The Morgan fingerprint density at radius 2 is 1.26 bits per heavy atom. The van der Waals surface area contributed by atoms with Gasteiger partial charge in [0.05, 0.1) is 0 Å². The SMILES string of the molecule is CCCC[n+]1ccc(C(=O)c2n[nH]c(C(=O)c3cc[n+](CCCC)cc3)n2)cc1.[I-].[I-]. The summed E-state index contributed by atoms with van der Waals surface area (Å²) in [6.45, 7) is 6.11. The fourth-order valence-corrected chi connectivity index (χ4v) is 2.93. The Morgan fingerprint density at radius 1 is 0.806 bits per heavy atom. The minimum absolute atomic E-state index is 0. The molecule has 3 heterocycles. The van der Waals surface area contributed by atoms with E-state index < -0.39 is 0 Å². The molecule has 0 spiro atoms. The van der Waals surface area contributed by atoms with Gasteiger partial charge in [-0.05, 0) is 0 Å². The lowest BCUT2D eigenvalue weighted by atomic mass is 10.1. The molecule has 0 fully saturated rings. The number of aromatic amines is 1. The van der Waals surface area contributed by atoms with Crippen LogP contribution < -0.4 is 57.1 Å². The molecule has 0 saturated heterocycles. The number of aromatic nitrogens is 5. The van der Waals surface area contributed by atoms with E-state index in [1.807, 2.05) is 33.9 Å². The largest absolute Gasteiger partial charge is 1.00 e. The first-order valence-corrected chi connectivity index (χ1v) is 10.1. The van der Waals surface area contributed by atoms with Crippen molar-refractivity contribution in [2.45, 2.75) is 52.6 Å². The van der Waals surface area contributed by atoms with Crippen molar-refractivity contribution in [1.82, 2.24) is 15.2 Å². The van der Waals surface area contributed by atoms with Crippen molar-refractivity contribution >= 4 is 11.6 Å². The zero-order chi connectivity index (χ0) is 20.6. The molecule has 3 aromatic rings. The van der Waals surface area contributed by atoms with Crippen molar-refractivity contribution in [1.29, 1.82) is 0 Å². The molecule has 0 aliphatic rings. The molecule has 0 aliphatic heterocycles. The zero-order valence-electron chi connectivity index (χ0n) is 17.7. The van der Waals surface area contributed by atoms with Gasteiger partial charge in [-0.3, -0.25) is 14.7 Å². The average Bonchev–Trinajstić information content (AvgIpc) is 3.26. The first-order chi connectivity index (χ1) is 14.1. The Hall–Kier alpha value is -1.76. The highest BCUT2D eigenvalue weighted by Crippen LogP contribution is 2.08. The van der Waals surface area contributed by atoms with Crippen molar-refractivity contribution in [2.75, 3.05) is 0 Å². The van der Waals surface area contributed by atoms with Gasteiger partial charge in [-0.25, -0.2) is 14.1 Å². The third-order valence-electron chi connectivity index (χ3n) is 4.75. The Balaban J connectivity index is 0.00000240. The van der Waals surface area contributed by atoms with E-state index in [1.54, 1.807) is 24.3 Å². The summed E-state index contributed by atoms with van der Waals surface area (Å²) in [5.41, 5.74) is 0.997. The third kappa shape index (κ3) is 7.41. The van der Waals surface area contributed by atoms with E-state index in [1.165, 1.54) is 0 Å². The Labute approximate surface area is 216 Å². The molecule has 0 unspecified atom stereocenters. The van der Waals surface area contributed by atoms with E-state index in [0.29, 0.717) is 11.1 Å². The molecule has 0 aromatic carbocycles. The summed E-state index contributed by atoms with van der Waals surface area (Å²) in [4.78, 5) is 29.4. The molecule has 0 aliphatic carbocycles. The summed E-state index contributed by atoms with van der Waals surface area (Å²) in [6, 6.07) is 7.02. The third-order valence-corrected chi connectivity index (χ3v) is 4.75. The monoisotopic (exact) mass is 647 g/mol. The number of unbranched alkanes of at least 4 members (excludes halogenated alkanes) is 2. The van der Waals surface area contributed by atoms with Crippen LogP contribution in [0.5, 0.6) is 0 Å². The molecule has 0 radical (unpaired) electrons. The first-order valence-electron chi connectivity index (χ1n) is 10.1. The van der Waals surface area contributed by atoms with Crippen molar-refractivity contribution in [3.8, 4) is 0 Å². The molecule has 9 heteroatoms. The van der Waals surface area contributed by atoms with E-state index in [4.69, 9.17) is 0 Å². The lowest BCUT2D eigenvalue weighted by molar-refractivity contribution is -0.697. The van der Waals surface area contributed by atoms with Crippen molar-refractivity contribution < 1.29 is 66.7 Å². The van der Waals surface area contributed by atoms with Gasteiger partial charge in [0, 0.05) is 48.2 Å². The highest BCUT2D eigenvalue weighted by atomic mass is 127. The number of H-pyrrole nitrogens is 1. The van der Waals surface area contributed by atoms with E-state index in [9.17, 15) is 9.59 Å². The molecule has 1 N–H and O–H groups in total. The number of carbonyl (C=O) groups excluding carboxylic acids is 2. The summed E-state index contributed by atoms with van der Waals surface area (Å²) in [6.07, 6.45) is 11.9. The van der Waals surface area contributed by atoms with Crippen LogP contribution in [0.25, 0.3) is 0 Å². The molecule has 0 saturated carbocycles. The zero-order valence-corrected chi connectivity index (χ0v) is 22.0. The van der Waals surface area contributed by atoms with Crippen LogP contribution in [0.4, 0.5) is 0 Å². The molecule has 31 heavy (non-hydrogen) atoms. The number of ketones is 2. The second-order valence-electron chi connectivity index (χ2n) is 7.02. The van der Waals surface area contributed by atoms with E-state index >= 15 is 0 Å². The molecule has 3 rings (SSSR count). The quantitative estimate of drug-likeness (QED) is 0.141. The van der Waals surface area contributed by atoms with Gasteiger partial charge in [0.1, 0.15) is 13.1 Å². The number of nitrogens with one attached hydrogen (secondary N) is 1. The van der Waals surface area contributed by atoms with Gasteiger partial charge in [-0.15, -0.1) is 5.10 Å². The lowest BCUT2D eigenvalue weighted by Crippen LogP contribution is -3.00. The minimum Gasteiger partial charge on any atom is -1.00 e. The van der Waals surface area contributed by atoms with Crippen molar-refractivity contribution in [3.05, 3.63) is 71.8 Å². The minimum atomic E-state index is -0.312. The topological polar surface area (TPSA) is 83.5 Å². The summed E-state index contributed by atoms with van der Waals surface area (Å²) < 4.78 is 4.08. The molecule has 7 nitrogen and oxygen atoms in total. The highest BCUT2D eigenvalue weighted by Gasteiger charge is 2.20. The number of carbonyl (C=O) groups is 2. The predicted molar refractivity (Wildman–Crippen MR) is 106 cm³/mol. The number of hydrogen-bond acceptors (Lipinski definition) is 4. The lowest BCUT2D eigenvalue weighted by Gasteiger charge is -1.98. The molecule has 0 bridgehead atoms. The molecule has 0 atom stereocenters. The molecular weight excluding hydrogens is 620 g/mol. The molecule has 166 valence electrons. The van der Waals surface area contributed by atoms with Crippen LogP contribution in [0.15, 0.2) is 49.1 Å². The van der Waals surface area contributed by atoms with Crippen LogP contribution in [0.3, 0.4) is 0 Å². The van der Waals surface area contributed by atoms with E-state index in [0.717, 1.165) is 38.8 Å². The summed E-state index contributed by atoms with van der Waals surface area (Å²) >= 11 is 0. The number of aryl methyl sites for hydroxylation is 2. The maximum absolute atomic E-state index is 12.6.